The van der Waals surface area contributed by atoms with Gasteiger partial charge in [0.2, 0.25) is 0 Å². The molecule has 1 heterocycles. The molecule has 6 heteroatoms. The Labute approximate surface area is 188 Å². The number of benzene rings is 1. The average Bonchev–Trinajstić information content (AvgIpc) is 3.37. The van der Waals surface area contributed by atoms with Gasteiger partial charge in [0.25, 0.3) is 0 Å². The van der Waals surface area contributed by atoms with Gasteiger partial charge < -0.3 is 5.73 Å². The number of hydrogen-bond acceptors (Lipinski definition) is 3. The Morgan fingerprint density at radius 3 is 2.00 bits per heavy atom. The van der Waals surface area contributed by atoms with Crippen LogP contribution in [0.25, 0.3) is 11.1 Å². The van der Waals surface area contributed by atoms with Crippen molar-refractivity contribution >= 4 is 29.0 Å². The predicted octanol–water partition coefficient (Wildman–Crippen LogP) is 5.28. The minimum absolute atomic E-state index is 0. The zero-order valence-corrected chi connectivity index (χ0v) is 17.2. The van der Waals surface area contributed by atoms with Crippen molar-refractivity contribution in [2.24, 2.45) is 0 Å². The van der Waals surface area contributed by atoms with Gasteiger partial charge in [-0.3, -0.25) is 0 Å². The molecule has 0 bridgehead atoms. The number of hydrogen-bond donors (Lipinski definition) is 1. The molecule has 0 aliphatic heterocycles. The normalized spacial score (nSPS) is 16.0. The van der Waals surface area contributed by atoms with Crippen LogP contribution in [0.2, 0.25) is 10.0 Å². The van der Waals surface area contributed by atoms with Crippen molar-refractivity contribution < 1.29 is 17.1 Å². The summed E-state index contributed by atoms with van der Waals surface area (Å²) in [5.41, 5.74) is 8.30. The van der Waals surface area contributed by atoms with E-state index in [9.17, 15) is 5.26 Å². The minimum atomic E-state index is 0. The molecule has 1 aromatic heterocycles. The molecule has 0 saturated heterocycles. The van der Waals surface area contributed by atoms with Crippen LogP contribution in [0.15, 0.2) is 24.3 Å². The number of anilines is 1. The average molecular weight is 448 g/mol. The van der Waals surface area contributed by atoms with E-state index in [1.54, 1.807) is 18.2 Å². The first kappa shape index (κ1) is 23.0. The smallest absolute Gasteiger partial charge is 0.383 e. The summed E-state index contributed by atoms with van der Waals surface area (Å²) in [6.07, 6.45) is 17.7. The van der Waals surface area contributed by atoms with E-state index in [0.29, 0.717) is 32.4 Å². The van der Waals surface area contributed by atoms with Crippen LogP contribution >= 0.6 is 23.2 Å². The summed E-state index contributed by atoms with van der Waals surface area (Å²) in [4.78, 5) is 4.31. The monoisotopic (exact) mass is 447 g/mol. The summed E-state index contributed by atoms with van der Waals surface area (Å²) in [7, 11) is 0. The van der Waals surface area contributed by atoms with E-state index in [4.69, 9.17) is 28.9 Å². The van der Waals surface area contributed by atoms with E-state index in [-0.39, 0.29) is 22.9 Å². The molecular formula is C22H15Cl2FeN3+2. The molecule has 0 spiro atoms. The van der Waals surface area contributed by atoms with Gasteiger partial charge in [0.1, 0.15) is 17.5 Å². The zero-order chi connectivity index (χ0) is 19.2. The van der Waals surface area contributed by atoms with Crippen LogP contribution in [0.3, 0.4) is 0 Å². The first-order valence-corrected chi connectivity index (χ1v) is 8.90. The fraction of sp³-hybridized carbons (Fsp3) is 0. The molecule has 2 N–H and O–H groups in total. The molecule has 1 aromatic carbocycles. The molecule has 2 aromatic rings. The van der Waals surface area contributed by atoms with Crippen molar-refractivity contribution in [2.75, 3.05) is 5.73 Å². The Balaban J connectivity index is 0.000000408. The van der Waals surface area contributed by atoms with Crippen molar-refractivity contribution in [3.63, 3.8) is 0 Å². The van der Waals surface area contributed by atoms with Crippen molar-refractivity contribution in [2.45, 2.75) is 0 Å². The molecular weight excluding hydrogens is 433 g/mol. The SMILES string of the molecule is N#Cc1c(-c2ccc(Cl)cc2Cl)cc([C]2[CH][CH][CH][CH]2)nc1N.[CH]1[CH][CH][CH][CH]1.[Fe+2]. The van der Waals surface area contributed by atoms with Crippen molar-refractivity contribution in [1.82, 2.24) is 4.98 Å². The molecule has 2 aliphatic carbocycles. The van der Waals surface area contributed by atoms with E-state index < -0.39 is 0 Å². The Hall–Kier alpha value is -1.24. The second-order valence-corrected chi connectivity index (χ2v) is 6.53. The number of aromatic nitrogens is 1. The quantitative estimate of drug-likeness (QED) is 0.636. The molecule has 3 nitrogen and oxygen atoms in total. The summed E-state index contributed by atoms with van der Waals surface area (Å²) in [6.45, 7) is 0. The van der Waals surface area contributed by atoms with Gasteiger partial charge in [0, 0.05) is 27.1 Å². The van der Waals surface area contributed by atoms with Gasteiger partial charge >= 0.3 is 17.1 Å². The van der Waals surface area contributed by atoms with Crippen molar-refractivity contribution in [3.05, 3.63) is 109 Å². The fourth-order valence-corrected chi connectivity index (χ4v) is 3.13. The van der Waals surface area contributed by atoms with Gasteiger partial charge in [-0.05, 0) is 76.0 Å². The first-order valence-electron chi connectivity index (χ1n) is 8.15. The molecule has 2 saturated carbocycles. The topological polar surface area (TPSA) is 62.7 Å². The second kappa shape index (κ2) is 11.1. The van der Waals surface area contributed by atoms with Gasteiger partial charge in [0.15, 0.2) is 0 Å². The van der Waals surface area contributed by atoms with Gasteiger partial charge in [-0.1, -0.05) is 29.3 Å². The third-order valence-corrected chi connectivity index (χ3v) is 4.44. The number of halogens is 2. The molecule has 2 aliphatic rings. The molecule has 4 rings (SSSR count). The van der Waals surface area contributed by atoms with E-state index in [1.807, 2.05) is 63.9 Å². The zero-order valence-electron chi connectivity index (χ0n) is 14.6. The van der Waals surface area contributed by atoms with Crippen LogP contribution in [0, 0.1) is 75.0 Å². The maximum atomic E-state index is 9.39. The summed E-state index contributed by atoms with van der Waals surface area (Å²) >= 11 is 12.2. The van der Waals surface area contributed by atoms with Crippen molar-refractivity contribution in [1.29, 1.82) is 5.26 Å². The molecule has 2 fully saturated rings. The van der Waals surface area contributed by atoms with Crippen LogP contribution < -0.4 is 5.73 Å². The first-order chi connectivity index (χ1) is 13.1. The number of nitrogens with two attached hydrogens (primary N) is 1. The van der Waals surface area contributed by atoms with Crippen LogP contribution in [0.1, 0.15) is 11.3 Å². The summed E-state index contributed by atoms with van der Waals surface area (Å²) in [6, 6.07) is 9.05. The maximum Gasteiger partial charge on any atom is 2.00 e. The van der Waals surface area contributed by atoms with Crippen LogP contribution in [-0.4, -0.2) is 4.98 Å². The van der Waals surface area contributed by atoms with E-state index in [2.05, 4.69) is 11.1 Å². The molecule has 138 valence electrons. The van der Waals surface area contributed by atoms with E-state index in [0.717, 1.165) is 5.92 Å². The fourth-order valence-electron chi connectivity index (χ4n) is 2.62. The summed E-state index contributed by atoms with van der Waals surface area (Å²) in [5.74, 6) is 1.12. The Morgan fingerprint density at radius 1 is 0.857 bits per heavy atom. The maximum absolute atomic E-state index is 9.39. The standard InChI is InChI=1S/C17H10Cl2N3.C5H5.Fe/c18-11-5-6-12(15(19)7-11)13-8-16(10-3-1-2-4-10)22-17(21)14(13)9-20;1-2-4-5-3-1;/h1-8H,(H2,21,22);1-5H;/q;;+2. The summed E-state index contributed by atoms with van der Waals surface area (Å²) < 4.78 is 0. The minimum Gasteiger partial charge on any atom is -0.383 e. The third-order valence-electron chi connectivity index (χ3n) is 3.89. The molecule has 10 radical (unpaired) electrons. The Kier molecular flexibility index (Phi) is 9.11. The molecule has 0 amide bonds. The van der Waals surface area contributed by atoms with Gasteiger partial charge in [-0.15, -0.1) is 0 Å². The van der Waals surface area contributed by atoms with E-state index >= 15 is 0 Å². The second-order valence-electron chi connectivity index (χ2n) is 5.69. The van der Waals surface area contributed by atoms with Crippen LogP contribution in [0.4, 0.5) is 5.82 Å². The molecule has 0 atom stereocenters. The number of nitrogen functional groups attached to an aromatic ring is 1. The molecule has 0 unspecified atom stereocenters. The van der Waals surface area contributed by atoms with E-state index in [1.165, 1.54) is 0 Å². The number of nitrogens with zero attached hydrogens (tertiary/aromatic N) is 2. The summed E-state index contributed by atoms with van der Waals surface area (Å²) in [5, 5.41) is 10.4. The number of pyridine rings is 1. The van der Waals surface area contributed by atoms with Gasteiger partial charge in [-0.25, -0.2) is 4.98 Å². The Morgan fingerprint density at radius 2 is 1.46 bits per heavy atom. The van der Waals surface area contributed by atoms with Crippen molar-refractivity contribution in [3.8, 4) is 17.2 Å². The third kappa shape index (κ3) is 5.64. The number of rotatable bonds is 2. The van der Waals surface area contributed by atoms with Crippen LogP contribution in [-0.2, 0) is 17.1 Å². The largest absolute Gasteiger partial charge is 2.00 e. The predicted molar refractivity (Wildman–Crippen MR) is 110 cm³/mol. The van der Waals surface area contributed by atoms with Crippen LogP contribution in [0.5, 0.6) is 0 Å². The molecule has 28 heavy (non-hydrogen) atoms. The van der Waals surface area contributed by atoms with Gasteiger partial charge in [-0.2, -0.15) is 5.26 Å². The Bertz CT molecular complexity index is 831. The van der Waals surface area contributed by atoms with Gasteiger partial charge in [0.05, 0.1) is 5.69 Å². The number of nitriles is 1.